The minimum atomic E-state index is -1.58. The van der Waals surface area contributed by atoms with Gasteiger partial charge in [0.1, 0.15) is 17.3 Å². The van der Waals surface area contributed by atoms with Gasteiger partial charge in [0.15, 0.2) is 6.29 Å². The van der Waals surface area contributed by atoms with Gasteiger partial charge in [0.2, 0.25) is 0 Å². The smallest absolute Gasteiger partial charge is 0.174 e. The van der Waals surface area contributed by atoms with Crippen LogP contribution in [0, 0.1) is 11.6 Å². The molecule has 7 heteroatoms. The normalized spacial score (nSPS) is 19.6. The van der Waals surface area contributed by atoms with Crippen LogP contribution < -0.4 is 0 Å². The number of nitrogens with one attached hydrogen (secondary N) is 1. The number of aliphatic hydroxyl groups excluding tert-OH is 1. The molecule has 0 amide bonds. The molecule has 0 radical (unpaired) electrons. The lowest BCUT2D eigenvalue weighted by Gasteiger charge is -2.49. The largest absolute Gasteiger partial charge is 0.365 e. The molecule has 0 fully saturated rings. The van der Waals surface area contributed by atoms with Gasteiger partial charge in [-0.3, -0.25) is 4.90 Å². The van der Waals surface area contributed by atoms with Crippen molar-refractivity contribution in [2.45, 2.75) is 57.7 Å². The minimum Gasteiger partial charge on any atom is -0.365 e. The van der Waals surface area contributed by atoms with Gasteiger partial charge in [-0.05, 0) is 69.5 Å². The van der Waals surface area contributed by atoms with Crippen LogP contribution in [0.2, 0.25) is 0 Å². The van der Waals surface area contributed by atoms with E-state index in [2.05, 4.69) is 4.98 Å². The first-order chi connectivity index (χ1) is 15.9. The van der Waals surface area contributed by atoms with E-state index in [1.165, 1.54) is 45.2 Å². The summed E-state index contributed by atoms with van der Waals surface area (Å²) in [6.07, 6.45) is 2.12. The molecule has 4 nitrogen and oxygen atoms in total. The Balaban J connectivity index is 1.92. The number of nitrogens with zero attached hydrogens (tertiary/aromatic N) is 1. The number of ether oxygens (including phenoxy) is 1. The van der Waals surface area contributed by atoms with Crippen LogP contribution in [0.5, 0.6) is 0 Å². The maximum Gasteiger partial charge on any atom is 0.174 e. The van der Waals surface area contributed by atoms with Crippen molar-refractivity contribution in [1.82, 2.24) is 9.88 Å². The summed E-state index contributed by atoms with van der Waals surface area (Å²) >= 11 is 0. The van der Waals surface area contributed by atoms with E-state index < -0.39 is 35.2 Å². The van der Waals surface area contributed by atoms with E-state index in [1.54, 1.807) is 0 Å². The van der Waals surface area contributed by atoms with Crippen molar-refractivity contribution in [2.24, 2.45) is 0 Å². The molecule has 2 unspecified atom stereocenters. The summed E-state index contributed by atoms with van der Waals surface area (Å²) in [4.78, 5) is 5.23. The van der Waals surface area contributed by atoms with Crippen molar-refractivity contribution in [2.75, 3.05) is 13.7 Å². The SMILES string of the molecule is COC(O)/C=C/c1cc(F)c(C2c3[nH]c4ccccc4c3CC(C)(C)N2CC(C)(C)F)c(F)c1. The highest BCUT2D eigenvalue weighted by Gasteiger charge is 2.45. The third kappa shape index (κ3) is 4.65. The molecule has 1 aromatic heterocycles. The second-order valence-corrected chi connectivity index (χ2v) is 10.2. The summed E-state index contributed by atoms with van der Waals surface area (Å²) in [7, 11) is 1.32. The molecule has 2 heterocycles. The van der Waals surface area contributed by atoms with Crippen molar-refractivity contribution in [3.63, 3.8) is 0 Å². The summed E-state index contributed by atoms with van der Waals surface area (Å²) in [5.41, 5.74) is 0.527. The molecule has 1 aliphatic heterocycles. The number of hydrogen-bond donors (Lipinski definition) is 2. The van der Waals surface area contributed by atoms with Gasteiger partial charge in [-0.2, -0.15) is 0 Å². The summed E-state index contributed by atoms with van der Waals surface area (Å²) in [6, 6.07) is 9.37. The van der Waals surface area contributed by atoms with Crippen molar-refractivity contribution in [3.05, 3.63) is 76.5 Å². The van der Waals surface area contributed by atoms with Gasteiger partial charge in [0, 0.05) is 41.4 Å². The Hall–Kier alpha value is -2.61. The fourth-order valence-corrected chi connectivity index (χ4v) is 4.93. The van der Waals surface area contributed by atoms with E-state index in [9.17, 15) is 9.50 Å². The predicted octanol–water partition coefficient (Wildman–Crippen LogP) is 5.90. The van der Waals surface area contributed by atoms with E-state index in [-0.39, 0.29) is 17.7 Å². The highest BCUT2D eigenvalue weighted by atomic mass is 19.1. The van der Waals surface area contributed by atoms with Gasteiger partial charge >= 0.3 is 0 Å². The second-order valence-electron chi connectivity index (χ2n) is 10.2. The minimum absolute atomic E-state index is 0.0000371. The predicted molar refractivity (Wildman–Crippen MR) is 128 cm³/mol. The van der Waals surface area contributed by atoms with Gasteiger partial charge in [0.05, 0.1) is 6.04 Å². The average Bonchev–Trinajstić information content (AvgIpc) is 3.10. The molecule has 0 aliphatic carbocycles. The molecule has 2 atom stereocenters. The summed E-state index contributed by atoms with van der Waals surface area (Å²) < 4.78 is 50.9. The number of hydrogen-bond acceptors (Lipinski definition) is 3. The number of alkyl halides is 1. The van der Waals surface area contributed by atoms with Gasteiger partial charge in [-0.25, -0.2) is 13.2 Å². The number of rotatable bonds is 6. The van der Waals surface area contributed by atoms with Crippen LogP contribution in [-0.4, -0.2) is 46.1 Å². The molecule has 0 saturated carbocycles. The van der Waals surface area contributed by atoms with Crippen LogP contribution >= 0.6 is 0 Å². The summed E-state index contributed by atoms with van der Waals surface area (Å²) in [5, 5.41) is 10.6. The standard InChI is InChI=1S/C27H31F3N2O2/c1-26(2,30)15-32-25(23-19(28)12-16(13-20(23)29)10-11-22(33)34-5)24-18(14-27(32,3)4)17-8-6-7-9-21(17)31-24/h6-13,22,25,31,33H,14-15H2,1-5H3/b11-10+. The zero-order chi connectivity index (χ0) is 24.8. The lowest BCUT2D eigenvalue weighted by molar-refractivity contribution is -0.0350. The van der Waals surface area contributed by atoms with Gasteiger partial charge < -0.3 is 14.8 Å². The van der Waals surface area contributed by atoms with Gasteiger partial charge in [-0.15, -0.1) is 0 Å². The van der Waals surface area contributed by atoms with E-state index in [0.717, 1.165) is 16.5 Å². The summed E-state index contributed by atoms with van der Waals surface area (Å²) in [5.74, 6) is -1.47. The Bertz CT molecular complexity index is 1200. The highest BCUT2D eigenvalue weighted by Crippen LogP contribution is 2.46. The molecule has 4 rings (SSSR count). The van der Waals surface area contributed by atoms with Crippen molar-refractivity contribution >= 4 is 17.0 Å². The van der Waals surface area contributed by atoms with Gasteiger partial charge in [-0.1, -0.05) is 24.3 Å². The van der Waals surface area contributed by atoms with Crippen LogP contribution in [0.25, 0.3) is 17.0 Å². The third-order valence-electron chi connectivity index (χ3n) is 6.43. The molecular formula is C27H31F3N2O2. The molecule has 2 aromatic carbocycles. The Kier molecular flexibility index (Phi) is 6.40. The highest BCUT2D eigenvalue weighted by molar-refractivity contribution is 5.85. The summed E-state index contributed by atoms with van der Waals surface area (Å²) in [6.45, 7) is 6.91. The van der Waals surface area contributed by atoms with E-state index in [0.29, 0.717) is 12.1 Å². The molecule has 2 N–H and O–H groups in total. The first-order valence-corrected chi connectivity index (χ1v) is 11.3. The Labute approximate surface area is 198 Å². The zero-order valence-electron chi connectivity index (χ0n) is 20.1. The molecule has 0 bridgehead atoms. The Morgan fingerprint density at radius 3 is 2.50 bits per heavy atom. The van der Waals surface area contributed by atoms with E-state index in [1.807, 2.05) is 43.0 Å². The molecule has 182 valence electrons. The quantitative estimate of drug-likeness (QED) is 0.439. The molecule has 0 saturated heterocycles. The van der Waals surface area contributed by atoms with Crippen LogP contribution in [-0.2, 0) is 11.2 Å². The molecule has 0 spiro atoms. The first-order valence-electron chi connectivity index (χ1n) is 11.3. The first kappa shape index (κ1) is 24.5. The lowest BCUT2D eigenvalue weighted by Crippen LogP contribution is -2.55. The van der Waals surface area contributed by atoms with E-state index in [4.69, 9.17) is 4.74 Å². The third-order valence-corrected chi connectivity index (χ3v) is 6.43. The number of aromatic nitrogens is 1. The maximum absolute atomic E-state index is 15.6. The lowest BCUT2D eigenvalue weighted by atomic mass is 9.80. The number of aromatic amines is 1. The van der Waals surface area contributed by atoms with Crippen molar-refractivity contribution in [1.29, 1.82) is 0 Å². The molecule has 34 heavy (non-hydrogen) atoms. The number of fused-ring (bicyclic) bond motifs is 3. The fraction of sp³-hybridized carbons (Fsp3) is 0.407. The number of halogens is 3. The molecule has 1 aliphatic rings. The van der Waals surface area contributed by atoms with Crippen LogP contribution in [0.3, 0.4) is 0 Å². The number of para-hydroxylation sites is 1. The van der Waals surface area contributed by atoms with Crippen molar-refractivity contribution < 1.29 is 23.0 Å². The average molecular weight is 473 g/mol. The number of H-pyrrole nitrogens is 1. The zero-order valence-corrected chi connectivity index (χ0v) is 20.1. The topological polar surface area (TPSA) is 48.5 Å². The molecule has 3 aromatic rings. The van der Waals surface area contributed by atoms with E-state index >= 15 is 8.78 Å². The van der Waals surface area contributed by atoms with Crippen LogP contribution in [0.1, 0.15) is 56.1 Å². The maximum atomic E-state index is 15.6. The van der Waals surface area contributed by atoms with Crippen LogP contribution in [0.15, 0.2) is 42.5 Å². The number of methoxy groups -OCH3 is 1. The Morgan fingerprint density at radius 1 is 1.24 bits per heavy atom. The van der Waals surface area contributed by atoms with Crippen molar-refractivity contribution in [3.8, 4) is 0 Å². The monoisotopic (exact) mass is 472 g/mol. The van der Waals surface area contributed by atoms with Crippen LogP contribution in [0.4, 0.5) is 13.2 Å². The number of aliphatic hydroxyl groups is 1. The fourth-order valence-electron chi connectivity index (χ4n) is 4.93. The number of benzene rings is 2. The Morgan fingerprint density at radius 2 is 1.88 bits per heavy atom. The molecular weight excluding hydrogens is 441 g/mol. The second kappa shape index (κ2) is 8.87. The van der Waals surface area contributed by atoms with Gasteiger partial charge in [0.25, 0.3) is 0 Å².